The van der Waals surface area contributed by atoms with Crippen LogP contribution in [0.3, 0.4) is 0 Å². The quantitative estimate of drug-likeness (QED) is 0.811. The van der Waals surface area contributed by atoms with Gasteiger partial charge in [-0.05, 0) is 5.92 Å². The van der Waals surface area contributed by atoms with E-state index in [2.05, 4.69) is 18.9 Å². The summed E-state index contributed by atoms with van der Waals surface area (Å²) in [7, 11) is 3.42. The number of aromatic nitrogens is 2. The Morgan fingerprint density at radius 1 is 1.47 bits per heavy atom. The summed E-state index contributed by atoms with van der Waals surface area (Å²) in [5.41, 5.74) is 0.770. The van der Waals surface area contributed by atoms with Crippen molar-refractivity contribution in [3.8, 4) is 5.75 Å². The molecule has 15 heavy (non-hydrogen) atoms. The fourth-order valence-electron chi connectivity index (χ4n) is 1.88. The molecule has 0 bridgehead atoms. The summed E-state index contributed by atoms with van der Waals surface area (Å²) in [5, 5.41) is 14.3. The maximum atomic E-state index is 10.2. The van der Waals surface area contributed by atoms with E-state index in [-0.39, 0.29) is 5.92 Å². The van der Waals surface area contributed by atoms with Crippen molar-refractivity contribution in [3.63, 3.8) is 0 Å². The zero-order valence-electron chi connectivity index (χ0n) is 9.90. The number of rotatable bonds is 5. The molecule has 4 heteroatoms. The molecule has 0 aromatic carbocycles. The van der Waals surface area contributed by atoms with Crippen LogP contribution in [0.5, 0.6) is 5.75 Å². The Labute approximate surface area is 90.9 Å². The van der Waals surface area contributed by atoms with E-state index < -0.39 is 6.10 Å². The summed E-state index contributed by atoms with van der Waals surface area (Å²) >= 11 is 0. The Kier molecular flexibility index (Phi) is 4.15. The van der Waals surface area contributed by atoms with E-state index in [0.717, 1.165) is 18.5 Å². The average Bonchev–Trinajstić information content (AvgIpc) is 2.61. The summed E-state index contributed by atoms with van der Waals surface area (Å²) in [6.07, 6.45) is 3.04. The summed E-state index contributed by atoms with van der Waals surface area (Å²) in [6, 6.07) is 0. The zero-order chi connectivity index (χ0) is 11.4. The van der Waals surface area contributed by atoms with E-state index >= 15 is 0 Å². The van der Waals surface area contributed by atoms with Crippen molar-refractivity contribution in [3.05, 3.63) is 11.9 Å². The largest absolute Gasteiger partial charge is 0.493 e. The molecule has 0 aliphatic heterocycles. The molecular weight excluding hydrogens is 192 g/mol. The summed E-state index contributed by atoms with van der Waals surface area (Å²) in [4.78, 5) is 0. The first-order chi connectivity index (χ1) is 7.15. The molecule has 4 nitrogen and oxygen atoms in total. The minimum absolute atomic E-state index is 0.259. The fourth-order valence-corrected chi connectivity index (χ4v) is 1.88. The lowest BCUT2D eigenvalue weighted by atomic mass is 9.94. The highest BCUT2D eigenvalue weighted by atomic mass is 16.5. The van der Waals surface area contributed by atoms with Crippen molar-refractivity contribution < 1.29 is 9.84 Å². The minimum atomic E-state index is -0.498. The normalized spacial score (nSPS) is 13.2. The first-order valence-electron chi connectivity index (χ1n) is 5.39. The lowest BCUT2D eigenvalue weighted by Crippen LogP contribution is -2.15. The summed E-state index contributed by atoms with van der Waals surface area (Å²) in [6.45, 7) is 4.17. The number of hydrogen-bond acceptors (Lipinski definition) is 3. The van der Waals surface area contributed by atoms with Gasteiger partial charge in [0.2, 0.25) is 0 Å². The van der Waals surface area contributed by atoms with Crippen LogP contribution in [0.15, 0.2) is 6.20 Å². The molecule has 1 heterocycles. The number of nitrogens with zero attached hydrogens (tertiary/aromatic N) is 2. The first kappa shape index (κ1) is 12.0. The van der Waals surface area contributed by atoms with E-state index in [9.17, 15) is 5.11 Å². The number of aliphatic hydroxyl groups is 1. The SMILES string of the molecule is CCC(CC)C(O)c1c(OC)cnn1C. The van der Waals surface area contributed by atoms with Gasteiger partial charge in [0, 0.05) is 7.05 Å². The van der Waals surface area contributed by atoms with Crippen LogP contribution in [0.2, 0.25) is 0 Å². The molecule has 0 amide bonds. The lowest BCUT2D eigenvalue weighted by molar-refractivity contribution is 0.0925. The number of hydrogen-bond donors (Lipinski definition) is 1. The van der Waals surface area contributed by atoms with Crippen LogP contribution in [0, 0.1) is 5.92 Å². The smallest absolute Gasteiger partial charge is 0.162 e. The fraction of sp³-hybridized carbons (Fsp3) is 0.727. The van der Waals surface area contributed by atoms with Crippen LogP contribution in [0.1, 0.15) is 38.5 Å². The van der Waals surface area contributed by atoms with Gasteiger partial charge in [-0.2, -0.15) is 5.10 Å². The van der Waals surface area contributed by atoms with Gasteiger partial charge in [-0.15, -0.1) is 0 Å². The highest BCUT2D eigenvalue weighted by Gasteiger charge is 2.24. The van der Waals surface area contributed by atoms with E-state index in [1.54, 1.807) is 18.0 Å². The van der Waals surface area contributed by atoms with Crippen LogP contribution in [-0.4, -0.2) is 22.0 Å². The van der Waals surface area contributed by atoms with Gasteiger partial charge in [-0.1, -0.05) is 26.7 Å². The highest BCUT2D eigenvalue weighted by molar-refractivity contribution is 5.27. The van der Waals surface area contributed by atoms with Crippen molar-refractivity contribution in [2.75, 3.05) is 7.11 Å². The predicted molar refractivity (Wildman–Crippen MR) is 58.8 cm³/mol. The molecule has 1 unspecified atom stereocenters. The molecule has 0 fully saturated rings. The van der Waals surface area contributed by atoms with E-state index in [0.29, 0.717) is 5.75 Å². The Morgan fingerprint density at radius 2 is 2.07 bits per heavy atom. The van der Waals surface area contributed by atoms with Gasteiger partial charge in [0.05, 0.1) is 13.3 Å². The van der Waals surface area contributed by atoms with E-state index in [1.807, 2.05) is 7.05 Å². The van der Waals surface area contributed by atoms with E-state index in [4.69, 9.17) is 4.74 Å². The first-order valence-corrected chi connectivity index (χ1v) is 5.39. The zero-order valence-corrected chi connectivity index (χ0v) is 9.90. The number of aryl methyl sites for hydroxylation is 1. The van der Waals surface area contributed by atoms with Crippen LogP contribution in [-0.2, 0) is 7.05 Å². The molecule has 86 valence electrons. The second kappa shape index (κ2) is 5.16. The third kappa shape index (κ3) is 2.31. The van der Waals surface area contributed by atoms with Crippen molar-refractivity contribution >= 4 is 0 Å². The van der Waals surface area contributed by atoms with E-state index in [1.165, 1.54) is 0 Å². The molecule has 0 radical (unpaired) electrons. The molecule has 0 aliphatic rings. The number of ether oxygens (including phenoxy) is 1. The van der Waals surface area contributed by atoms with Gasteiger partial charge >= 0.3 is 0 Å². The number of aliphatic hydroxyl groups excluding tert-OH is 1. The van der Waals surface area contributed by atoms with Crippen LogP contribution < -0.4 is 4.74 Å². The molecule has 1 aromatic rings. The van der Waals surface area contributed by atoms with Gasteiger partial charge < -0.3 is 9.84 Å². The summed E-state index contributed by atoms with van der Waals surface area (Å²) in [5.74, 6) is 0.922. The molecule has 1 aromatic heterocycles. The van der Waals surface area contributed by atoms with Crippen LogP contribution in [0.25, 0.3) is 0 Å². The predicted octanol–water partition coefficient (Wildman–Crippen LogP) is 1.90. The van der Waals surface area contributed by atoms with Crippen molar-refractivity contribution in [1.29, 1.82) is 0 Å². The standard InChI is InChI=1S/C11H20N2O2/c1-5-8(6-2)11(14)10-9(15-4)7-12-13(10)3/h7-8,11,14H,5-6H2,1-4H3. The maximum Gasteiger partial charge on any atom is 0.162 e. The van der Waals surface area contributed by atoms with Crippen LogP contribution in [0.4, 0.5) is 0 Å². The third-order valence-corrected chi connectivity index (χ3v) is 2.94. The molecule has 1 rings (SSSR count). The summed E-state index contributed by atoms with van der Waals surface area (Å²) < 4.78 is 6.87. The molecule has 0 saturated heterocycles. The molecule has 0 saturated carbocycles. The third-order valence-electron chi connectivity index (χ3n) is 2.94. The second-order valence-electron chi connectivity index (χ2n) is 3.74. The van der Waals surface area contributed by atoms with Crippen molar-refractivity contribution in [2.45, 2.75) is 32.8 Å². The van der Waals surface area contributed by atoms with Crippen molar-refractivity contribution in [2.24, 2.45) is 13.0 Å². The Balaban J connectivity index is 2.97. The molecule has 1 N–H and O–H groups in total. The van der Waals surface area contributed by atoms with Crippen molar-refractivity contribution in [1.82, 2.24) is 9.78 Å². The van der Waals surface area contributed by atoms with Gasteiger partial charge in [0.15, 0.2) is 5.75 Å². The van der Waals surface area contributed by atoms with Gasteiger partial charge in [0.25, 0.3) is 0 Å². The van der Waals surface area contributed by atoms with Gasteiger partial charge in [-0.3, -0.25) is 4.68 Å². The topological polar surface area (TPSA) is 47.3 Å². The average molecular weight is 212 g/mol. The molecule has 1 atom stereocenters. The monoisotopic (exact) mass is 212 g/mol. The number of methoxy groups -OCH3 is 1. The second-order valence-corrected chi connectivity index (χ2v) is 3.74. The van der Waals surface area contributed by atoms with Gasteiger partial charge in [-0.25, -0.2) is 0 Å². The van der Waals surface area contributed by atoms with Gasteiger partial charge in [0.1, 0.15) is 11.8 Å². The van der Waals surface area contributed by atoms with Crippen LogP contribution >= 0.6 is 0 Å². The molecule has 0 aliphatic carbocycles. The highest BCUT2D eigenvalue weighted by Crippen LogP contribution is 2.32. The lowest BCUT2D eigenvalue weighted by Gasteiger charge is -2.21. The Hall–Kier alpha value is -1.03. The molecule has 0 spiro atoms. The Bertz CT molecular complexity index is 306. The minimum Gasteiger partial charge on any atom is -0.493 e. The molecular formula is C11H20N2O2. The Morgan fingerprint density at radius 3 is 2.53 bits per heavy atom. The maximum absolute atomic E-state index is 10.2.